The van der Waals surface area contributed by atoms with Gasteiger partial charge in [-0.1, -0.05) is 35.0 Å². The summed E-state index contributed by atoms with van der Waals surface area (Å²) in [6.07, 6.45) is 0.965. The lowest BCUT2D eigenvalue weighted by Crippen LogP contribution is -2.23. The van der Waals surface area contributed by atoms with Crippen molar-refractivity contribution in [3.63, 3.8) is 0 Å². The zero-order valence-corrected chi connectivity index (χ0v) is 13.3. The Morgan fingerprint density at radius 3 is 2.63 bits per heavy atom. The van der Waals surface area contributed by atoms with Crippen molar-refractivity contribution in [1.82, 2.24) is 5.32 Å². The number of hydrogen-bond donors (Lipinski definition) is 1. The van der Waals surface area contributed by atoms with Gasteiger partial charge in [0.2, 0.25) is 0 Å². The Bertz CT molecular complexity index is 547. The highest BCUT2D eigenvalue weighted by Crippen LogP contribution is 2.25. The molecule has 19 heavy (non-hydrogen) atoms. The highest BCUT2D eigenvalue weighted by atomic mass is 79.9. The smallest absolute Gasteiger partial charge is 0.105 e. The van der Waals surface area contributed by atoms with Gasteiger partial charge in [-0.3, -0.25) is 0 Å². The Hall–Kier alpha value is -1.06. The average Bonchev–Trinajstić information content (AvgIpc) is 2.68. The third-order valence-electron chi connectivity index (χ3n) is 3.23. The second kappa shape index (κ2) is 6.40. The molecule has 0 fully saturated rings. The van der Waals surface area contributed by atoms with Crippen LogP contribution in [0.3, 0.4) is 0 Å². The molecule has 0 aliphatic rings. The maximum absolute atomic E-state index is 5.65. The summed E-state index contributed by atoms with van der Waals surface area (Å²) in [5.74, 6) is 1.99. The number of hydrogen-bond acceptors (Lipinski definition) is 2. The van der Waals surface area contributed by atoms with E-state index in [2.05, 4.69) is 58.5 Å². The molecule has 1 unspecified atom stereocenters. The van der Waals surface area contributed by atoms with E-state index in [1.54, 1.807) is 0 Å². The number of aryl methyl sites for hydroxylation is 2. The van der Waals surface area contributed by atoms with Gasteiger partial charge in [-0.15, -0.1) is 0 Å². The first kappa shape index (κ1) is 14.4. The molecule has 102 valence electrons. The highest BCUT2D eigenvalue weighted by Gasteiger charge is 2.16. The molecule has 1 aromatic heterocycles. The van der Waals surface area contributed by atoms with Gasteiger partial charge in [-0.25, -0.2) is 0 Å². The molecule has 2 nitrogen and oxygen atoms in total. The van der Waals surface area contributed by atoms with Crippen LogP contribution in [0.2, 0.25) is 0 Å². The zero-order valence-electron chi connectivity index (χ0n) is 11.7. The number of nitrogens with one attached hydrogen (secondary N) is 1. The summed E-state index contributed by atoms with van der Waals surface area (Å²) < 4.78 is 6.78. The lowest BCUT2D eigenvalue weighted by Gasteiger charge is -2.17. The van der Waals surface area contributed by atoms with Crippen LogP contribution in [-0.4, -0.2) is 6.54 Å². The first-order valence-electron chi connectivity index (χ1n) is 6.65. The van der Waals surface area contributed by atoms with Gasteiger partial charge in [-0.2, -0.15) is 0 Å². The number of rotatable bonds is 5. The van der Waals surface area contributed by atoms with Crippen LogP contribution in [0.5, 0.6) is 0 Å². The lowest BCUT2D eigenvalue weighted by molar-refractivity contribution is 0.484. The average molecular weight is 322 g/mol. The van der Waals surface area contributed by atoms with Crippen LogP contribution in [0.4, 0.5) is 0 Å². The molecule has 3 heteroatoms. The molecule has 2 rings (SSSR count). The van der Waals surface area contributed by atoms with Crippen molar-refractivity contribution in [2.24, 2.45) is 0 Å². The molecule has 1 N–H and O–H groups in total. The molecule has 1 heterocycles. The van der Waals surface area contributed by atoms with Gasteiger partial charge < -0.3 is 9.73 Å². The maximum atomic E-state index is 5.65. The van der Waals surface area contributed by atoms with E-state index in [-0.39, 0.29) is 0 Å². The molecule has 0 aliphatic heterocycles. The van der Waals surface area contributed by atoms with Crippen molar-refractivity contribution in [3.8, 4) is 0 Å². The van der Waals surface area contributed by atoms with Crippen molar-refractivity contribution in [2.45, 2.75) is 33.2 Å². The number of likely N-dealkylation sites (N-methyl/N-ethyl adjacent to an activating group) is 1. The molecule has 0 aliphatic carbocycles. The molecule has 0 saturated heterocycles. The first-order valence-corrected chi connectivity index (χ1v) is 7.44. The van der Waals surface area contributed by atoms with Gasteiger partial charge in [0.1, 0.15) is 11.5 Å². The van der Waals surface area contributed by atoms with Crippen LogP contribution < -0.4 is 5.32 Å². The summed E-state index contributed by atoms with van der Waals surface area (Å²) in [7, 11) is 0. The van der Waals surface area contributed by atoms with Gasteiger partial charge in [0.05, 0.1) is 0 Å². The second-order valence-electron chi connectivity index (χ2n) is 4.81. The van der Waals surface area contributed by atoms with Crippen LogP contribution in [0.1, 0.15) is 35.6 Å². The SMILES string of the molecule is CCNC(Cc1cccc(Br)c1)c1cc(C)oc1C. The lowest BCUT2D eigenvalue weighted by atomic mass is 9.99. The molecule has 0 bridgehead atoms. The van der Waals surface area contributed by atoms with Crippen LogP contribution in [0.15, 0.2) is 39.2 Å². The molecule has 2 aromatic rings. The fourth-order valence-corrected chi connectivity index (χ4v) is 2.88. The fraction of sp³-hybridized carbons (Fsp3) is 0.375. The van der Waals surface area contributed by atoms with Crippen LogP contribution in [-0.2, 0) is 6.42 Å². The summed E-state index contributed by atoms with van der Waals surface area (Å²) in [6, 6.07) is 10.9. The van der Waals surface area contributed by atoms with Gasteiger partial charge in [0, 0.05) is 16.1 Å². The Morgan fingerprint density at radius 2 is 2.05 bits per heavy atom. The highest BCUT2D eigenvalue weighted by molar-refractivity contribution is 9.10. The maximum Gasteiger partial charge on any atom is 0.105 e. The van der Waals surface area contributed by atoms with E-state index in [9.17, 15) is 0 Å². The predicted octanol–water partition coefficient (Wildman–Crippen LogP) is 4.55. The Balaban J connectivity index is 2.23. The van der Waals surface area contributed by atoms with Crippen molar-refractivity contribution in [3.05, 3.63) is 57.5 Å². The molecular weight excluding hydrogens is 302 g/mol. The summed E-state index contributed by atoms with van der Waals surface area (Å²) in [6.45, 7) is 7.12. The standard InChI is InChI=1S/C16H20BrNO/c1-4-18-16(15-8-11(2)19-12(15)3)10-13-6-5-7-14(17)9-13/h5-9,16,18H,4,10H2,1-3H3. The molecule has 0 radical (unpaired) electrons. The first-order chi connectivity index (χ1) is 9.10. The molecule has 0 amide bonds. The van der Waals surface area contributed by atoms with E-state index in [1.807, 2.05) is 13.8 Å². The minimum absolute atomic E-state index is 0.303. The number of furan rings is 1. The van der Waals surface area contributed by atoms with Gasteiger partial charge in [0.15, 0.2) is 0 Å². The largest absolute Gasteiger partial charge is 0.466 e. The molecule has 1 aromatic carbocycles. The number of halogens is 1. The van der Waals surface area contributed by atoms with Crippen molar-refractivity contribution < 1.29 is 4.42 Å². The molecule has 1 atom stereocenters. The van der Waals surface area contributed by atoms with E-state index in [4.69, 9.17) is 4.42 Å². The molecule has 0 spiro atoms. The van der Waals surface area contributed by atoms with Crippen LogP contribution >= 0.6 is 15.9 Å². The Morgan fingerprint density at radius 1 is 1.26 bits per heavy atom. The fourth-order valence-electron chi connectivity index (χ4n) is 2.43. The zero-order chi connectivity index (χ0) is 13.8. The van der Waals surface area contributed by atoms with E-state index in [1.165, 1.54) is 11.1 Å². The number of benzene rings is 1. The predicted molar refractivity (Wildman–Crippen MR) is 82.4 cm³/mol. The molecule has 0 saturated carbocycles. The summed E-state index contributed by atoms with van der Waals surface area (Å²) in [5.41, 5.74) is 2.58. The van der Waals surface area contributed by atoms with E-state index in [0.717, 1.165) is 29.0 Å². The third kappa shape index (κ3) is 3.71. The third-order valence-corrected chi connectivity index (χ3v) is 3.73. The van der Waals surface area contributed by atoms with Crippen molar-refractivity contribution in [2.75, 3.05) is 6.54 Å². The summed E-state index contributed by atoms with van der Waals surface area (Å²) in [4.78, 5) is 0. The monoisotopic (exact) mass is 321 g/mol. The summed E-state index contributed by atoms with van der Waals surface area (Å²) >= 11 is 3.53. The minimum atomic E-state index is 0.303. The van der Waals surface area contributed by atoms with Crippen LogP contribution in [0.25, 0.3) is 0 Å². The van der Waals surface area contributed by atoms with Gasteiger partial charge in [-0.05, 0) is 50.6 Å². The van der Waals surface area contributed by atoms with E-state index >= 15 is 0 Å². The van der Waals surface area contributed by atoms with Gasteiger partial charge >= 0.3 is 0 Å². The molecular formula is C16H20BrNO. The van der Waals surface area contributed by atoms with Crippen molar-refractivity contribution >= 4 is 15.9 Å². The Labute approximate surface area is 123 Å². The quantitative estimate of drug-likeness (QED) is 0.873. The Kier molecular flexibility index (Phi) is 4.83. The topological polar surface area (TPSA) is 25.2 Å². The second-order valence-corrected chi connectivity index (χ2v) is 5.73. The van der Waals surface area contributed by atoms with Crippen molar-refractivity contribution in [1.29, 1.82) is 0 Å². The van der Waals surface area contributed by atoms with Crippen LogP contribution in [0, 0.1) is 13.8 Å². The van der Waals surface area contributed by atoms with E-state index < -0.39 is 0 Å². The van der Waals surface area contributed by atoms with E-state index in [0.29, 0.717) is 6.04 Å². The van der Waals surface area contributed by atoms with Gasteiger partial charge in [0.25, 0.3) is 0 Å². The minimum Gasteiger partial charge on any atom is -0.466 e. The normalized spacial score (nSPS) is 12.6. The summed E-state index contributed by atoms with van der Waals surface area (Å²) in [5, 5.41) is 3.55.